The van der Waals surface area contributed by atoms with Gasteiger partial charge in [-0.2, -0.15) is 0 Å². The number of methoxy groups -OCH3 is 1. The molecule has 0 bridgehead atoms. The Labute approximate surface area is 108 Å². The highest BCUT2D eigenvalue weighted by Crippen LogP contribution is 2.16. The summed E-state index contributed by atoms with van der Waals surface area (Å²) in [6, 6.07) is 8.16. The molecule has 1 rings (SSSR count). The SMILES string of the molecule is COCCOCCN[C@@H](C)c1cccc(Cl)c1. The molecule has 0 aliphatic carbocycles. The molecule has 0 saturated carbocycles. The van der Waals surface area contributed by atoms with E-state index in [2.05, 4.69) is 18.3 Å². The van der Waals surface area contributed by atoms with Gasteiger partial charge in [0.25, 0.3) is 0 Å². The van der Waals surface area contributed by atoms with Crippen LogP contribution in [0.5, 0.6) is 0 Å². The molecule has 0 fully saturated rings. The highest BCUT2D eigenvalue weighted by atomic mass is 35.5. The Morgan fingerprint density at radius 3 is 2.82 bits per heavy atom. The van der Waals surface area contributed by atoms with Crippen molar-refractivity contribution >= 4 is 11.6 Å². The number of nitrogens with one attached hydrogen (secondary N) is 1. The van der Waals surface area contributed by atoms with Gasteiger partial charge < -0.3 is 14.8 Å². The smallest absolute Gasteiger partial charge is 0.0700 e. The minimum absolute atomic E-state index is 0.278. The predicted octanol–water partition coefficient (Wildman–Crippen LogP) is 2.65. The molecule has 0 aromatic heterocycles. The van der Waals surface area contributed by atoms with Crippen molar-refractivity contribution in [3.05, 3.63) is 34.9 Å². The van der Waals surface area contributed by atoms with Gasteiger partial charge in [-0.1, -0.05) is 23.7 Å². The Kier molecular flexibility index (Phi) is 7.21. The lowest BCUT2D eigenvalue weighted by molar-refractivity contribution is 0.0712. The number of benzene rings is 1. The lowest BCUT2D eigenvalue weighted by Gasteiger charge is -2.14. The normalized spacial score (nSPS) is 12.6. The van der Waals surface area contributed by atoms with Crippen molar-refractivity contribution in [2.45, 2.75) is 13.0 Å². The fourth-order valence-electron chi connectivity index (χ4n) is 1.49. The molecule has 0 amide bonds. The fraction of sp³-hybridized carbons (Fsp3) is 0.538. The topological polar surface area (TPSA) is 30.5 Å². The number of rotatable bonds is 8. The standard InChI is InChI=1S/C13H20ClNO2/c1-11(12-4-3-5-13(14)10-12)15-6-7-17-9-8-16-2/h3-5,10-11,15H,6-9H2,1-2H3/t11-/m0/s1. The van der Waals surface area contributed by atoms with Crippen molar-refractivity contribution in [2.75, 3.05) is 33.5 Å². The molecule has 0 unspecified atom stereocenters. The molecule has 0 radical (unpaired) electrons. The molecule has 1 aromatic carbocycles. The van der Waals surface area contributed by atoms with Crippen LogP contribution in [0.4, 0.5) is 0 Å². The molecular formula is C13H20ClNO2. The van der Waals surface area contributed by atoms with E-state index < -0.39 is 0 Å². The highest BCUT2D eigenvalue weighted by molar-refractivity contribution is 6.30. The summed E-state index contributed by atoms with van der Waals surface area (Å²) in [7, 11) is 1.67. The first-order chi connectivity index (χ1) is 8.24. The maximum atomic E-state index is 5.94. The van der Waals surface area contributed by atoms with Gasteiger partial charge in [-0.25, -0.2) is 0 Å². The molecule has 0 aliphatic heterocycles. The van der Waals surface area contributed by atoms with E-state index in [9.17, 15) is 0 Å². The largest absolute Gasteiger partial charge is 0.382 e. The van der Waals surface area contributed by atoms with Gasteiger partial charge in [0.05, 0.1) is 19.8 Å². The van der Waals surface area contributed by atoms with E-state index in [0.29, 0.717) is 19.8 Å². The van der Waals surface area contributed by atoms with Crippen LogP contribution in [0.2, 0.25) is 5.02 Å². The summed E-state index contributed by atoms with van der Waals surface area (Å²) in [5.74, 6) is 0. The minimum atomic E-state index is 0.278. The van der Waals surface area contributed by atoms with Crippen LogP contribution in [0.15, 0.2) is 24.3 Å². The van der Waals surface area contributed by atoms with Gasteiger partial charge in [-0.15, -0.1) is 0 Å². The first kappa shape index (κ1) is 14.5. The van der Waals surface area contributed by atoms with Crippen molar-refractivity contribution in [2.24, 2.45) is 0 Å². The van der Waals surface area contributed by atoms with E-state index in [1.807, 2.05) is 18.2 Å². The van der Waals surface area contributed by atoms with Gasteiger partial charge in [0.15, 0.2) is 0 Å². The number of halogens is 1. The molecule has 0 aliphatic rings. The molecule has 1 N–H and O–H groups in total. The summed E-state index contributed by atoms with van der Waals surface area (Å²) in [4.78, 5) is 0. The Balaban J connectivity index is 2.19. The summed E-state index contributed by atoms with van der Waals surface area (Å²) < 4.78 is 10.3. The summed E-state index contributed by atoms with van der Waals surface area (Å²) in [5, 5.41) is 4.15. The van der Waals surface area contributed by atoms with E-state index in [4.69, 9.17) is 21.1 Å². The zero-order valence-corrected chi connectivity index (χ0v) is 11.2. The number of hydrogen-bond donors (Lipinski definition) is 1. The predicted molar refractivity (Wildman–Crippen MR) is 70.6 cm³/mol. The molecule has 4 heteroatoms. The second-order valence-corrected chi connectivity index (χ2v) is 4.27. The second-order valence-electron chi connectivity index (χ2n) is 3.84. The lowest BCUT2D eigenvalue weighted by Crippen LogP contribution is -2.23. The third-order valence-electron chi connectivity index (χ3n) is 2.48. The van der Waals surface area contributed by atoms with Crippen molar-refractivity contribution in [1.82, 2.24) is 5.32 Å². The van der Waals surface area contributed by atoms with Gasteiger partial charge in [-0.3, -0.25) is 0 Å². The second kappa shape index (κ2) is 8.48. The fourth-order valence-corrected chi connectivity index (χ4v) is 1.68. The third-order valence-corrected chi connectivity index (χ3v) is 2.71. The van der Waals surface area contributed by atoms with Crippen molar-refractivity contribution in [3.8, 4) is 0 Å². The lowest BCUT2D eigenvalue weighted by atomic mass is 10.1. The number of hydrogen-bond acceptors (Lipinski definition) is 3. The van der Waals surface area contributed by atoms with Crippen LogP contribution < -0.4 is 5.32 Å². The minimum Gasteiger partial charge on any atom is -0.382 e. The van der Waals surface area contributed by atoms with Gasteiger partial charge in [0.1, 0.15) is 0 Å². The van der Waals surface area contributed by atoms with E-state index >= 15 is 0 Å². The molecular weight excluding hydrogens is 238 g/mol. The summed E-state index contributed by atoms with van der Waals surface area (Å²) in [5.41, 5.74) is 1.19. The molecule has 1 aromatic rings. The van der Waals surface area contributed by atoms with Crippen LogP contribution in [0.3, 0.4) is 0 Å². The Bertz CT molecular complexity index is 320. The number of ether oxygens (including phenoxy) is 2. The van der Waals surface area contributed by atoms with Gasteiger partial charge in [0.2, 0.25) is 0 Å². The monoisotopic (exact) mass is 257 g/mol. The van der Waals surface area contributed by atoms with Crippen LogP contribution >= 0.6 is 11.6 Å². The van der Waals surface area contributed by atoms with Crippen molar-refractivity contribution in [3.63, 3.8) is 0 Å². The van der Waals surface area contributed by atoms with Gasteiger partial charge in [0, 0.05) is 24.7 Å². The quantitative estimate of drug-likeness (QED) is 0.727. The Morgan fingerprint density at radius 2 is 2.12 bits per heavy atom. The highest BCUT2D eigenvalue weighted by Gasteiger charge is 2.04. The van der Waals surface area contributed by atoms with Crippen molar-refractivity contribution < 1.29 is 9.47 Å². The first-order valence-electron chi connectivity index (χ1n) is 5.79. The van der Waals surface area contributed by atoms with Crippen LogP contribution in [-0.4, -0.2) is 33.5 Å². The third kappa shape index (κ3) is 6.03. The summed E-state index contributed by atoms with van der Waals surface area (Å²) in [6.45, 7) is 4.90. The van der Waals surface area contributed by atoms with E-state index in [1.54, 1.807) is 7.11 Å². The zero-order valence-electron chi connectivity index (χ0n) is 10.4. The molecule has 0 spiro atoms. The van der Waals surface area contributed by atoms with Crippen LogP contribution in [0.1, 0.15) is 18.5 Å². The maximum Gasteiger partial charge on any atom is 0.0700 e. The average molecular weight is 258 g/mol. The first-order valence-corrected chi connectivity index (χ1v) is 6.17. The average Bonchev–Trinajstić information content (AvgIpc) is 2.33. The van der Waals surface area contributed by atoms with Crippen LogP contribution in [0, 0.1) is 0 Å². The van der Waals surface area contributed by atoms with Crippen LogP contribution in [-0.2, 0) is 9.47 Å². The van der Waals surface area contributed by atoms with E-state index in [0.717, 1.165) is 11.6 Å². The summed E-state index contributed by atoms with van der Waals surface area (Å²) in [6.07, 6.45) is 0. The molecule has 0 heterocycles. The Morgan fingerprint density at radius 1 is 1.29 bits per heavy atom. The Hall–Kier alpha value is -0.610. The van der Waals surface area contributed by atoms with E-state index in [1.165, 1.54) is 5.56 Å². The maximum absolute atomic E-state index is 5.94. The molecule has 3 nitrogen and oxygen atoms in total. The van der Waals surface area contributed by atoms with Crippen molar-refractivity contribution in [1.29, 1.82) is 0 Å². The molecule has 96 valence electrons. The van der Waals surface area contributed by atoms with Gasteiger partial charge in [-0.05, 0) is 24.6 Å². The zero-order chi connectivity index (χ0) is 12.5. The van der Waals surface area contributed by atoms with E-state index in [-0.39, 0.29) is 6.04 Å². The molecule has 0 saturated heterocycles. The molecule has 1 atom stereocenters. The van der Waals surface area contributed by atoms with Gasteiger partial charge >= 0.3 is 0 Å². The molecule has 17 heavy (non-hydrogen) atoms. The summed E-state index contributed by atoms with van der Waals surface area (Å²) >= 11 is 5.94. The van der Waals surface area contributed by atoms with Crippen LogP contribution in [0.25, 0.3) is 0 Å².